The second-order valence-electron chi connectivity index (χ2n) is 9.29. The first-order valence-corrected chi connectivity index (χ1v) is 15.9. The number of rotatable bonds is 11. The second-order valence-corrected chi connectivity index (χ2v) is 13.2. The fraction of sp³-hybridized carbons (Fsp3) is 0.250. The Kier molecular flexibility index (Phi) is 9.88. The van der Waals surface area contributed by atoms with Crippen molar-refractivity contribution < 1.29 is 33.4 Å². The Bertz CT molecular complexity index is 1590. The van der Waals surface area contributed by atoms with Crippen molar-refractivity contribution >= 4 is 66.6 Å². The van der Waals surface area contributed by atoms with Crippen molar-refractivity contribution in [3.05, 3.63) is 77.3 Å². The van der Waals surface area contributed by atoms with E-state index in [2.05, 4.69) is 20.6 Å². The van der Waals surface area contributed by atoms with Gasteiger partial charge < -0.3 is 34.9 Å². The Balaban J connectivity index is 1.38. The van der Waals surface area contributed by atoms with Crippen LogP contribution in [0.4, 0.5) is 21.6 Å². The van der Waals surface area contributed by atoms with Crippen molar-refractivity contribution in [1.82, 2.24) is 9.97 Å². The number of aromatic nitrogens is 2. The third kappa shape index (κ3) is 7.54. The molecule has 14 heteroatoms. The fourth-order valence-electron chi connectivity index (χ4n) is 4.08. The number of anilines is 3. The van der Waals surface area contributed by atoms with Gasteiger partial charge in [0.25, 0.3) is 0 Å². The lowest BCUT2D eigenvalue weighted by atomic mass is 10.1. The molecule has 0 bridgehead atoms. The van der Waals surface area contributed by atoms with Gasteiger partial charge in [-0.25, -0.2) is 14.4 Å². The molecule has 1 fully saturated rings. The molecule has 1 aliphatic rings. The van der Waals surface area contributed by atoms with Gasteiger partial charge in [0, 0.05) is 33.8 Å². The number of amides is 1. The molecule has 0 spiro atoms. The highest BCUT2D eigenvalue weighted by atomic mass is 35.5. The van der Waals surface area contributed by atoms with Gasteiger partial charge in [0.15, 0.2) is 0 Å². The fourth-order valence-corrected chi connectivity index (χ4v) is 7.51. The Hall–Kier alpha value is -3.33. The molecule has 0 aliphatic carbocycles. The van der Waals surface area contributed by atoms with Crippen molar-refractivity contribution in [1.29, 1.82) is 0 Å². The van der Waals surface area contributed by atoms with Crippen LogP contribution in [0.25, 0.3) is 10.9 Å². The number of carbonyl (C=O) groups is 1. The van der Waals surface area contributed by atoms with Crippen molar-refractivity contribution in [2.24, 2.45) is 0 Å². The molecule has 1 aliphatic heterocycles. The molecule has 3 aromatic carbocycles. The molecular weight excluding hydrogens is 607 g/mol. The van der Waals surface area contributed by atoms with Crippen molar-refractivity contribution in [3.8, 4) is 11.5 Å². The van der Waals surface area contributed by atoms with Gasteiger partial charge in [-0.1, -0.05) is 23.7 Å². The molecule has 4 aromatic rings. The molecule has 2 heterocycles. The van der Waals surface area contributed by atoms with Crippen LogP contribution < -0.4 is 20.1 Å². The minimum atomic E-state index is -1.12. The van der Waals surface area contributed by atoms with Crippen LogP contribution in [-0.4, -0.2) is 61.0 Å². The van der Waals surface area contributed by atoms with E-state index in [1.165, 1.54) is 18.5 Å². The molecule has 3 atom stereocenters. The predicted octanol–water partition coefficient (Wildman–Crippen LogP) is 4.58. The summed E-state index contributed by atoms with van der Waals surface area (Å²) in [7, 11) is -0.00923. The average Bonchev–Trinajstić information content (AvgIpc) is 3.42. The molecule has 42 heavy (non-hydrogen) atoms. The summed E-state index contributed by atoms with van der Waals surface area (Å²) in [5, 5.41) is 25.4. The highest BCUT2D eigenvalue weighted by molar-refractivity contribution is 8.72. The molecule has 3 unspecified atom stereocenters. The smallest absolute Gasteiger partial charge is 0.242 e. The number of hydrogen-bond donors (Lipinski definition) is 4. The quantitative estimate of drug-likeness (QED) is 0.137. The van der Waals surface area contributed by atoms with Crippen molar-refractivity contribution in [2.45, 2.75) is 24.4 Å². The number of benzene rings is 3. The van der Waals surface area contributed by atoms with Gasteiger partial charge in [0.05, 0.1) is 22.8 Å². The van der Waals surface area contributed by atoms with E-state index in [4.69, 9.17) is 21.1 Å². The molecule has 0 radical (unpaired) electrons. The van der Waals surface area contributed by atoms with Gasteiger partial charge in [-0.15, -0.1) is 0 Å². The first-order chi connectivity index (χ1) is 20.3. The molecule has 10 nitrogen and oxygen atoms in total. The lowest BCUT2D eigenvalue weighted by Crippen LogP contribution is -2.25. The van der Waals surface area contributed by atoms with E-state index in [-0.39, 0.29) is 30.7 Å². The van der Waals surface area contributed by atoms with Gasteiger partial charge in [0.1, 0.15) is 70.6 Å². The third-order valence-corrected chi connectivity index (χ3v) is 9.78. The predicted molar refractivity (Wildman–Crippen MR) is 161 cm³/mol. The topological polar surface area (TPSA) is 149 Å². The van der Waals surface area contributed by atoms with Crippen LogP contribution in [0.2, 0.25) is 5.02 Å². The molecule has 4 N–H and O–H groups in total. The maximum Gasteiger partial charge on any atom is 0.242 e. The zero-order valence-corrected chi connectivity index (χ0v) is 24.3. The standard InChI is InChI=1S/C28H26ClFN4O6S2/c29-21-9-18(4-5-24(21)39-13-16-2-1-3-17(30)8-16)33-27-20-10-23(34-28(37)26-6-7-42(38)41-26)25(40-14-19(36)12-35)11-22(20)31-15-32-27/h1-5,8-11,15,19,26,35-36H,6-7,12-14H2,(H,34,37)(H,31,32,33). The van der Waals surface area contributed by atoms with Crippen LogP contribution in [0.15, 0.2) is 60.9 Å². The zero-order valence-electron chi connectivity index (χ0n) is 22.0. The van der Waals surface area contributed by atoms with Crippen LogP contribution in [0.5, 0.6) is 11.5 Å². The summed E-state index contributed by atoms with van der Waals surface area (Å²) in [6.07, 6.45) is 0.720. The van der Waals surface area contributed by atoms with Crippen LogP contribution in [-0.2, 0) is 21.6 Å². The van der Waals surface area contributed by atoms with Gasteiger partial charge in [-0.2, -0.15) is 0 Å². The van der Waals surface area contributed by atoms with Crippen LogP contribution >= 0.6 is 22.4 Å². The van der Waals surface area contributed by atoms with E-state index < -0.39 is 28.2 Å². The van der Waals surface area contributed by atoms with E-state index >= 15 is 0 Å². The third-order valence-electron chi connectivity index (χ3n) is 6.18. The van der Waals surface area contributed by atoms with E-state index in [1.54, 1.807) is 42.5 Å². The number of carbonyl (C=O) groups excluding carboxylic acids is 1. The van der Waals surface area contributed by atoms with Gasteiger partial charge in [-0.3, -0.25) is 4.79 Å². The first-order valence-electron chi connectivity index (χ1n) is 12.8. The van der Waals surface area contributed by atoms with E-state index in [1.807, 2.05) is 0 Å². The minimum Gasteiger partial charge on any atom is -0.605 e. The van der Waals surface area contributed by atoms with E-state index in [0.717, 1.165) is 10.8 Å². The summed E-state index contributed by atoms with van der Waals surface area (Å²) in [5.74, 6) is 0.826. The van der Waals surface area contributed by atoms with E-state index in [9.17, 15) is 24.0 Å². The average molecular weight is 633 g/mol. The first kappa shape index (κ1) is 30.1. The van der Waals surface area contributed by atoms with Crippen LogP contribution in [0, 0.1) is 5.82 Å². The SMILES string of the molecule is O=C(Nc1cc2c(Nc3ccc(OCc4cccc(F)c4)c(Cl)c3)ncnc2cc1OCC(O)CO)C1CC[S+]([O-])S1. The lowest BCUT2D eigenvalue weighted by molar-refractivity contribution is -0.115. The van der Waals surface area contributed by atoms with Gasteiger partial charge in [-0.05, 0) is 42.0 Å². The lowest BCUT2D eigenvalue weighted by Gasteiger charge is -2.17. The van der Waals surface area contributed by atoms with Crippen LogP contribution in [0.1, 0.15) is 12.0 Å². The molecule has 1 aromatic heterocycles. The summed E-state index contributed by atoms with van der Waals surface area (Å²) in [5.41, 5.74) is 2.04. The number of fused-ring (bicyclic) bond motifs is 1. The molecular formula is C28H26ClFN4O6S2. The van der Waals surface area contributed by atoms with Crippen molar-refractivity contribution in [2.75, 3.05) is 29.6 Å². The molecule has 1 saturated heterocycles. The summed E-state index contributed by atoms with van der Waals surface area (Å²) >= 11 is 6.46. The molecule has 220 valence electrons. The Morgan fingerprint density at radius 2 is 2.05 bits per heavy atom. The normalized spacial score (nSPS) is 17.2. The Labute approximate surface area is 252 Å². The number of aliphatic hydroxyl groups excluding tert-OH is 2. The second kappa shape index (κ2) is 13.8. The minimum absolute atomic E-state index is 0.143. The highest BCUT2D eigenvalue weighted by Crippen LogP contribution is 2.37. The zero-order chi connectivity index (χ0) is 29.6. The van der Waals surface area contributed by atoms with Gasteiger partial charge in [0.2, 0.25) is 5.91 Å². The van der Waals surface area contributed by atoms with E-state index in [0.29, 0.717) is 56.6 Å². The summed E-state index contributed by atoms with van der Waals surface area (Å²) < 4.78 is 36.7. The summed E-state index contributed by atoms with van der Waals surface area (Å²) in [4.78, 5) is 21.6. The number of halogens is 2. The largest absolute Gasteiger partial charge is 0.605 e. The Morgan fingerprint density at radius 3 is 2.79 bits per heavy atom. The molecule has 1 amide bonds. The van der Waals surface area contributed by atoms with Crippen LogP contribution in [0.3, 0.4) is 0 Å². The summed E-state index contributed by atoms with van der Waals surface area (Å²) in [6.45, 7) is -0.563. The number of nitrogens with zero attached hydrogens (tertiary/aromatic N) is 2. The van der Waals surface area contributed by atoms with Crippen molar-refractivity contribution in [3.63, 3.8) is 0 Å². The number of aliphatic hydroxyl groups is 2. The number of hydrogen-bond acceptors (Lipinski definition) is 10. The maximum absolute atomic E-state index is 13.5. The molecule has 5 rings (SSSR count). The highest BCUT2D eigenvalue weighted by Gasteiger charge is 2.34. The van der Waals surface area contributed by atoms with Gasteiger partial charge >= 0.3 is 0 Å². The summed E-state index contributed by atoms with van der Waals surface area (Å²) in [6, 6.07) is 14.4. The number of ether oxygens (including phenoxy) is 2. The monoisotopic (exact) mass is 632 g/mol. The number of nitrogens with one attached hydrogen (secondary N) is 2. The maximum atomic E-state index is 13.5. The molecule has 0 saturated carbocycles. The Morgan fingerprint density at radius 1 is 1.19 bits per heavy atom.